The minimum atomic E-state index is 0.204. The van der Waals surface area contributed by atoms with Crippen molar-refractivity contribution in [2.24, 2.45) is 5.41 Å². The van der Waals surface area contributed by atoms with Gasteiger partial charge in [-0.2, -0.15) is 0 Å². The lowest BCUT2D eigenvalue weighted by atomic mass is 9.79. The fraction of sp³-hybridized carbons (Fsp3) is 0.571. The Morgan fingerprint density at radius 1 is 1.24 bits per heavy atom. The van der Waals surface area contributed by atoms with E-state index in [1.165, 1.54) is 23.1 Å². The normalized spacial score (nSPS) is 23.7. The molecule has 0 unspecified atom stereocenters. The Morgan fingerprint density at radius 3 is 2.84 bits per heavy atom. The van der Waals surface area contributed by atoms with Crippen molar-refractivity contribution in [3.05, 3.63) is 34.6 Å². The Hall–Kier alpha value is -1.81. The van der Waals surface area contributed by atoms with E-state index in [2.05, 4.69) is 26.8 Å². The van der Waals surface area contributed by atoms with Crippen LogP contribution < -0.4 is 0 Å². The molecule has 4 nitrogen and oxygen atoms in total. The molecule has 25 heavy (non-hydrogen) atoms. The molecule has 2 saturated heterocycles. The summed E-state index contributed by atoms with van der Waals surface area (Å²) in [6.07, 6.45) is 5.55. The monoisotopic (exact) mass is 341 g/mol. The van der Waals surface area contributed by atoms with Crippen molar-refractivity contribution < 1.29 is 13.9 Å². The van der Waals surface area contributed by atoms with Gasteiger partial charge in [-0.3, -0.25) is 4.79 Å². The molecule has 0 N–H and O–H groups in total. The highest BCUT2D eigenvalue weighted by Gasteiger charge is 2.40. The summed E-state index contributed by atoms with van der Waals surface area (Å²) in [5.41, 5.74) is 5.74. The number of carbonyl (C=O) groups is 1. The number of carbonyl (C=O) groups excluding carboxylic acids is 1. The maximum atomic E-state index is 13.0. The second-order valence-corrected chi connectivity index (χ2v) is 8.00. The smallest absolute Gasteiger partial charge is 0.227 e. The lowest BCUT2D eigenvalue weighted by molar-refractivity contribution is -0.134. The molecule has 1 spiro atoms. The van der Waals surface area contributed by atoms with Crippen LogP contribution in [0.25, 0.3) is 11.0 Å². The molecule has 2 aliphatic rings. The molecular formula is C21H27NO3. The van der Waals surface area contributed by atoms with Crippen molar-refractivity contribution in [3.63, 3.8) is 0 Å². The van der Waals surface area contributed by atoms with Crippen LogP contribution in [0.1, 0.15) is 41.5 Å². The molecule has 4 rings (SSSR count). The molecule has 1 atom stereocenters. The van der Waals surface area contributed by atoms with E-state index in [0.29, 0.717) is 6.42 Å². The molecule has 0 saturated carbocycles. The lowest BCUT2D eigenvalue weighted by Crippen LogP contribution is -2.47. The van der Waals surface area contributed by atoms with Crippen LogP contribution in [-0.2, 0) is 16.0 Å². The maximum absolute atomic E-state index is 13.0. The van der Waals surface area contributed by atoms with E-state index < -0.39 is 0 Å². The van der Waals surface area contributed by atoms with Gasteiger partial charge in [0.2, 0.25) is 5.91 Å². The molecule has 1 amide bonds. The maximum Gasteiger partial charge on any atom is 0.227 e. The predicted octanol–water partition coefficient (Wildman–Crippen LogP) is 3.93. The molecule has 1 aromatic heterocycles. The lowest BCUT2D eigenvalue weighted by Gasteiger charge is -2.39. The van der Waals surface area contributed by atoms with Crippen LogP contribution in [0.15, 0.2) is 16.7 Å². The van der Waals surface area contributed by atoms with Crippen LogP contribution in [0.4, 0.5) is 0 Å². The van der Waals surface area contributed by atoms with E-state index in [9.17, 15) is 4.79 Å². The molecule has 0 bridgehead atoms. The molecule has 4 heteroatoms. The van der Waals surface area contributed by atoms with Crippen molar-refractivity contribution >= 4 is 16.9 Å². The number of fused-ring (bicyclic) bond motifs is 1. The minimum absolute atomic E-state index is 0.204. The first-order valence-electron chi connectivity index (χ1n) is 9.31. The molecule has 2 aliphatic heterocycles. The highest BCUT2D eigenvalue weighted by Crippen LogP contribution is 2.38. The number of furan rings is 1. The van der Waals surface area contributed by atoms with Gasteiger partial charge in [0.05, 0.1) is 19.3 Å². The Labute approximate surface area is 149 Å². The third-order valence-electron chi connectivity index (χ3n) is 6.17. The molecule has 0 radical (unpaired) electrons. The molecule has 2 fully saturated rings. The second-order valence-electron chi connectivity index (χ2n) is 8.00. The van der Waals surface area contributed by atoms with Crippen LogP contribution >= 0.6 is 0 Å². The molecule has 3 heterocycles. The highest BCUT2D eigenvalue weighted by molar-refractivity contribution is 5.92. The number of nitrogens with zero attached hydrogens (tertiary/aromatic N) is 1. The van der Waals surface area contributed by atoms with Crippen LogP contribution in [-0.4, -0.2) is 37.1 Å². The summed E-state index contributed by atoms with van der Waals surface area (Å²) < 4.78 is 11.4. The van der Waals surface area contributed by atoms with E-state index in [1.54, 1.807) is 6.26 Å². The van der Waals surface area contributed by atoms with Crippen molar-refractivity contribution in [1.82, 2.24) is 4.90 Å². The summed E-state index contributed by atoms with van der Waals surface area (Å²) in [7, 11) is 0. The van der Waals surface area contributed by atoms with Gasteiger partial charge in [-0.1, -0.05) is 6.07 Å². The zero-order chi connectivity index (χ0) is 17.6. The SMILES string of the molecule is Cc1cc(C)c2c(CC(=O)N3CCC[C@]4(CCOC4)C3)coc2c1C. The van der Waals surface area contributed by atoms with E-state index >= 15 is 0 Å². The number of hydrogen-bond acceptors (Lipinski definition) is 3. The number of rotatable bonds is 2. The number of aryl methyl sites for hydroxylation is 3. The van der Waals surface area contributed by atoms with Gasteiger partial charge in [0.15, 0.2) is 0 Å². The average molecular weight is 341 g/mol. The summed E-state index contributed by atoms with van der Waals surface area (Å²) in [4.78, 5) is 15.0. The number of amides is 1. The van der Waals surface area contributed by atoms with Crippen LogP contribution in [0.3, 0.4) is 0 Å². The van der Waals surface area contributed by atoms with Crippen molar-refractivity contribution in [3.8, 4) is 0 Å². The topological polar surface area (TPSA) is 42.7 Å². The van der Waals surface area contributed by atoms with Gasteiger partial charge in [0.1, 0.15) is 5.58 Å². The number of likely N-dealkylation sites (tertiary alicyclic amines) is 1. The van der Waals surface area contributed by atoms with Gasteiger partial charge >= 0.3 is 0 Å². The Morgan fingerprint density at radius 2 is 2.08 bits per heavy atom. The van der Waals surface area contributed by atoms with E-state index in [1.807, 2.05) is 4.90 Å². The fourth-order valence-corrected chi connectivity index (χ4v) is 4.58. The van der Waals surface area contributed by atoms with E-state index in [4.69, 9.17) is 9.15 Å². The van der Waals surface area contributed by atoms with Crippen LogP contribution in [0.2, 0.25) is 0 Å². The van der Waals surface area contributed by atoms with Crippen LogP contribution in [0.5, 0.6) is 0 Å². The quantitative estimate of drug-likeness (QED) is 0.831. The van der Waals surface area contributed by atoms with Gasteiger partial charge in [-0.15, -0.1) is 0 Å². The van der Waals surface area contributed by atoms with Gasteiger partial charge in [0.25, 0.3) is 0 Å². The molecule has 134 valence electrons. The number of ether oxygens (including phenoxy) is 1. The standard InChI is InChI=1S/C21H27NO3/c1-14-9-15(2)19-17(11-25-20(19)16(14)3)10-18(23)22-7-4-5-21(12-22)6-8-24-13-21/h9,11H,4-8,10,12-13H2,1-3H3/t21-/m0/s1. The van der Waals surface area contributed by atoms with Crippen molar-refractivity contribution in [1.29, 1.82) is 0 Å². The summed E-state index contributed by atoms with van der Waals surface area (Å²) in [5.74, 6) is 0.214. The number of hydrogen-bond donors (Lipinski definition) is 0. The van der Waals surface area contributed by atoms with Gasteiger partial charge in [-0.25, -0.2) is 0 Å². The molecular weight excluding hydrogens is 314 g/mol. The summed E-state index contributed by atoms with van der Waals surface area (Å²) in [6, 6.07) is 2.19. The summed E-state index contributed by atoms with van der Waals surface area (Å²) in [5, 5.41) is 1.12. The first-order valence-corrected chi connectivity index (χ1v) is 9.31. The third kappa shape index (κ3) is 2.86. The van der Waals surface area contributed by atoms with Gasteiger partial charge in [0, 0.05) is 36.1 Å². The Kier molecular flexibility index (Phi) is 4.11. The average Bonchev–Trinajstić information content (AvgIpc) is 3.21. The van der Waals surface area contributed by atoms with Crippen molar-refractivity contribution in [2.45, 2.75) is 46.5 Å². The zero-order valence-electron chi connectivity index (χ0n) is 15.5. The number of benzene rings is 1. The third-order valence-corrected chi connectivity index (χ3v) is 6.17. The van der Waals surface area contributed by atoms with E-state index in [-0.39, 0.29) is 11.3 Å². The molecule has 0 aliphatic carbocycles. The second kappa shape index (κ2) is 6.17. The Bertz CT molecular complexity index is 814. The zero-order valence-corrected chi connectivity index (χ0v) is 15.5. The predicted molar refractivity (Wildman–Crippen MR) is 97.8 cm³/mol. The van der Waals surface area contributed by atoms with Gasteiger partial charge < -0.3 is 14.1 Å². The largest absolute Gasteiger partial charge is 0.464 e. The first-order chi connectivity index (χ1) is 12.0. The molecule has 2 aromatic rings. The highest BCUT2D eigenvalue weighted by atomic mass is 16.5. The van der Waals surface area contributed by atoms with E-state index in [0.717, 1.165) is 55.7 Å². The summed E-state index contributed by atoms with van der Waals surface area (Å²) >= 11 is 0. The minimum Gasteiger partial charge on any atom is -0.464 e. The summed E-state index contributed by atoms with van der Waals surface area (Å²) in [6.45, 7) is 9.65. The van der Waals surface area contributed by atoms with Crippen molar-refractivity contribution in [2.75, 3.05) is 26.3 Å². The van der Waals surface area contributed by atoms with Gasteiger partial charge in [-0.05, 0) is 56.7 Å². The number of piperidine rings is 1. The van der Waals surface area contributed by atoms with Crippen LogP contribution in [0, 0.1) is 26.2 Å². The fourth-order valence-electron chi connectivity index (χ4n) is 4.58. The molecule has 1 aromatic carbocycles. The first kappa shape index (κ1) is 16.6. The Balaban J connectivity index is 1.57.